The van der Waals surface area contributed by atoms with Gasteiger partial charge in [-0.1, -0.05) is 23.7 Å². The summed E-state index contributed by atoms with van der Waals surface area (Å²) in [7, 11) is 0. The molecular weight excluding hydrogens is 388 g/mol. The third kappa shape index (κ3) is 3.94. The monoisotopic (exact) mass is 402 g/mol. The summed E-state index contributed by atoms with van der Waals surface area (Å²) in [6.07, 6.45) is 0.323. The predicted molar refractivity (Wildman–Crippen MR) is 102 cm³/mol. The molecule has 3 rings (SSSR count). The number of nitrogens with zero attached hydrogens (tertiary/aromatic N) is 2. The number of carbonyl (C=O) groups excluding carboxylic acids is 3. The van der Waals surface area contributed by atoms with Crippen LogP contribution < -0.4 is 10.6 Å². The Morgan fingerprint density at radius 2 is 1.82 bits per heavy atom. The number of imide groups is 1. The van der Waals surface area contributed by atoms with Crippen LogP contribution in [0.3, 0.4) is 0 Å². The fourth-order valence-electron chi connectivity index (χ4n) is 2.76. The lowest BCUT2D eigenvalue weighted by Crippen LogP contribution is -2.35. The first kappa shape index (κ1) is 19.3. The normalized spacial score (nSPS) is 12.7. The zero-order valence-corrected chi connectivity index (χ0v) is 15.2. The van der Waals surface area contributed by atoms with E-state index in [1.807, 2.05) is 0 Å². The first-order valence-corrected chi connectivity index (χ1v) is 8.70. The zero-order chi connectivity index (χ0) is 20.3. The van der Waals surface area contributed by atoms with Crippen molar-refractivity contribution in [1.82, 2.24) is 10.2 Å². The number of non-ortho nitro benzene ring substituents is 1. The molecule has 28 heavy (non-hydrogen) atoms. The topological polar surface area (TPSA) is 122 Å². The van der Waals surface area contributed by atoms with Gasteiger partial charge in [-0.05, 0) is 24.6 Å². The van der Waals surface area contributed by atoms with E-state index in [1.165, 1.54) is 12.1 Å². The van der Waals surface area contributed by atoms with Gasteiger partial charge in [-0.25, -0.2) is 4.79 Å². The van der Waals surface area contributed by atoms with Gasteiger partial charge in [-0.15, -0.1) is 0 Å². The molecule has 0 bridgehead atoms. The second kappa shape index (κ2) is 8.05. The molecule has 1 aliphatic rings. The fourth-order valence-corrected chi connectivity index (χ4v) is 2.95. The quantitative estimate of drug-likeness (QED) is 0.333. The van der Waals surface area contributed by atoms with Gasteiger partial charge in [0.2, 0.25) is 0 Å². The number of rotatable bonds is 6. The van der Waals surface area contributed by atoms with Crippen molar-refractivity contribution in [2.24, 2.45) is 0 Å². The van der Waals surface area contributed by atoms with Crippen molar-refractivity contribution < 1.29 is 19.3 Å². The maximum atomic E-state index is 12.4. The number of nitro groups is 1. The number of amides is 4. The summed E-state index contributed by atoms with van der Waals surface area (Å²) in [5.74, 6) is -1.08. The van der Waals surface area contributed by atoms with E-state index in [4.69, 9.17) is 11.6 Å². The van der Waals surface area contributed by atoms with E-state index >= 15 is 0 Å². The van der Waals surface area contributed by atoms with Crippen molar-refractivity contribution in [3.05, 3.63) is 68.7 Å². The lowest BCUT2D eigenvalue weighted by molar-refractivity contribution is -0.384. The van der Waals surface area contributed by atoms with Crippen molar-refractivity contribution in [2.45, 2.75) is 6.42 Å². The molecule has 144 valence electrons. The summed E-state index contributed by atoms with van der Waals surface area (Å²) in [5, 5.41) is 16.4. The molecular formula is C18H15ClN4O5. The minimum atomic E-state index is -0.623. The third-order valence-electron chi connectivity index (χ3n) is 4.13. The lowest BCUT2D eigenvalue weighted by atomic mass is 10.1. The molecule has 2 aromatic carbocycles. The second-order valence-electron chi connectivity index (χ2n) is 5.96. The molecule has 0 unspecified atom stereocenters. The molecule has 1 aliphatic heterocycles. The molecule has 4 amide bonds. The van der Waals surface area contributed by atoms with Crippen molar-refractivity contribution >= 4 is 40.8 Å². The van der Waals surface area contributed by atoms with Gasteiger partial charge in [0.1, 0.15) is 0 Å². The molecule has 0 aromatic heterocycles. The van der Waals surface area contributed by atoms with Crippen LogP contribution in [0.1, 0.15) is 27.1 Å². The van der Waals surface area contributed by atoms with Crippen LogP contribution in [-0.4, -0.2) is 40.8 Å². The van der Waals surface area contributed by atoms with Gasteiger partial charge >= 0.3 is 6.03 Å². The van der Waals surface area contributed by atoms with Crippen LogP contribution in [0.25, 0.3) is 0 Å². The molecule has 0 saturated carbocycles. The highest BCUT2D eigenvalue weighted by molar-refractivity contribution is 6.33. The van der Waals surface area contributed by atoms with Crippen LogP contribution in [0, 0.1) is 10.1 Å². The van der Waals surface area contributed by atoms with Crippen LogP contribution >= 0.6 is 11.6 Å². The first-order chi connectivity index (χ1) is 13.4. The molecule has 0 aliphatic carbocycles. The lowest BCUT2D eigenvalue weighted by Gasteiger charge is -2.14. The summed E-state index contributed by atoms with van der Waals surface area (Å²) >= 11 is 5.96. The Bertz CT molecular complexity index is 978. The summed E-state index contributed by atoms with van der Waals surface area (Å²) in [6, 6.07) is 9.87. The average molecular weight is 403 g/mol. The van der Waals surface area contributed by atoms with Gasteiger partial charge in [-0.3, -0.25) is 24.6 Å². The molecule has 10 heteroatoms. The molecule has 0 spiro atoms. The maximum Gasteiger partial charge on any atom is 0.319 e. The van der Waals surface area contributed by atoms with Crippen molar-refractivity contribution in [3.63, 3.8) is 0 Å². The fraction of sp³-hybridized carbons (Fsp3) is 0.167. The smallest absolute Gasteiger partial charge is 0.319 e. The van der Waals surface area contributed by atoms with Gasteiger partial charge in [0.15, 0.2) is 0 Å². The van der Waals surface area contributed by atoms with Crippen LogP contribution in [-0.2, 0) is 0 Å². The predicted octanol–water partition coefficient (Wildman–Crippen LogP) is 3.06. The van der Waals surface area contributed by atoms with Gasteiger partial charge in [-0.2, -0.15) is 0 Å². The second-order valence-corrected chi connectivity index (χ2v) is 6.37. The number of fused-ring (bicyclic) bond motifs is 1. The standard InChI is InChI=1S/C18H15ClN4O5/c19-14-4-1-2-5-15(14)21-18(26)20-8-3-9-22-16(24)12-7-6-11(23(27)28)10-13(12)17(22)25/h1-2,4-7,10H,3,8-9H2,(H2,20,21,26). The highest BCUT2D eigenvalue weighted by atomic mass is 35.5. The zero-order valence-electron chi connectivity index (χ0n) is 14.5. The van der Waals surface area contributed by atoms with Gasteiger partial charge in [0.25, 0.3) is 17.5 Å². The third-order valence-corrected chi connectivity index (χ3v) is 4.46. The Balaban J connectivity index is 1.52. The van der Waals surface area contributed by atoms with Crippen molar-refractivity contribution in [3.8, 4) is 0 Å². The Kier molecular flexibility index (Phi) is 5.55. The van der Waals surface area contributed by atoms with E-state index in [-0.39, 0.29) is 29.9 Å². The maximum absolute atomic E-state index is 12.4. The number of nitrogens with one attached hydrogen (secondary N) is 2. The van der Waals surface area contributed by atoms with Crippen LogP contribution in [0.5, 0.6) is 0 Å². The molecule has 0 saturated heterocycles. The van der Waals surface area contributed by atoms with Crippen molar-refractivity contribution in [2.75, 3.05) is 18.4 Å². The summed E-state index contributed by atoms with van der Waals surface area (Å²) in [5.41, 5.74) is 0.368. The van der Waals surface area contributed by atoms with E-state index in [2.05, 4.69) is 10.6 Å². The number of carbonyl (C=O) groups is 3. The Labute approximate surface area is 164 Å². The number of hydrogen-bond acceptors (Lipinski definition) is 5. The minimum Gasteiger partial charge on any atom is -0.338 e. The summed E-state index contributed by atoms with van der Waals surface area (Å²) in [4.78, 5) is 47.8. The first-order valence-electron chi connectivity index (χ1n) is 8.32. The Morgan fingerprint density at radius 3 is 2.54 bits per heavy atom. The molecule has 0 radical (unpaired) electrons. The van der Waals surface area contributed by atoms with Gasteiger partial charge < -0.3 is 10.6 Å². The number of benzene rings is 2. The van der Waals surface area contributed by atoms with Crippen LogP contribution in [0.2, 0.25) is 5.02 Å². The SMILES string of the molecule is O=C(NCCCN1C(=O)c2ccc([N+](=O)[O-])cc2C1=O)Nc1ccccc1Cl. The number of halogens is 1. The highest BCUT2D eigenvalue weighted by Gasteiger charge is 2.36. The Hall–Kier alpha value is -3.46. The molecule has 2 aromatic rings. The summed E-state index contributed by atoms with van der Waals surface area (Å²) < 4.78 is 0. The van der Waals surface area contributed by atoms with Crippen molar-refractivity contribution in [1.29, 1.82) is 0 Å². The molecule has 0 atom stereocenters. The van der Waals surface area contributed by atoms with E-state index in [0.717, 1.165) is 11.0 Å². The van der Waals surface area contributed by atoms with Crippen LogP contribution in [0.15, 0.2) is 42.5 Å². The number of nitro benzene ring substituents is 1. The number of anilines is 1. The molecule has 9 nitrogen and oxygen atoms in total. The molecule has 0 fully saturated rings. The van der Waals surface area contributed by atoms with E-state index in [1.54, 1.807) is 24.3 Å². The van der Waals surface area contributed by atoms with Gasteiger partial charge in [0.05, 0.1) is 26.8 Å². The summed E-state index contributed by atoms with van der Waals surface area (Å²) in [6.45, 7) is 0.288. The van der Waals surface area contributed by atoms with E-state index in [0.29, 0.717) is 17.1 Å². The Morgan fingerprint density at radius 1 is 1.11 bits per heavy atom. The minimum absolute atomic E-state index is 0.0172. The largest absolute Gasteiger partial charge is 0.338 e. The number of urea groups is 1. The number of hydrogen-bond donors (Lipinski definition) is 2. The highest BCUT2D eigenvalue weighted by Crippen LogP contribution is 2.26. The van der Waals surface area contributed by atoms with E-state index < -0.39 is 22.8 Å². The number of para-hydroxylation sites is 1. The molecule has 1 heterocycles. The van der Waals surface area contributed by atoms with E-state index in [9.17, 15) is 24.5 Å². The van der Waals surface area contributed by atoms with Gasteiger partial charge in [0, 0.05) is 25.2 Å². The van der Waals surface area contributed by atoms with Crippen LogP contribution in [0.4, 0.5) is 16.2 Å². The average Bonchev–Trinajstić information content (AvgIpc) is 2.91. The molecule has 2 N–H and O–H groups in total.